The molecule has 1 heterocycles. The van der Waals surface area contributed by atoms with Crippen molar-refractivity contribution >= 4 is 11.7 Å². The van der Waals surface area contributed by atoms with Crippen molar-refractivity contribution in [1.82, 2.24) is 15.3 Å². The molecule has 1 aromatic rings. The van der Waals surface area contributed by atoms with E-state index in [0.717, 1.165) is 12.8 Å². The SMILES string of the molecule is CC(Nc1cc(=O)[nH]c(C2CC2)n1)C(=O)NC(C)(C)C. The molecule has 0 saturated heterocycles. The van der Waals surface area contributed by atoms with Crippen molar-refractivity contribution in [3.8, 4) is 0 Å². The van der Waals surface area contributed by atoms with E-state index in [1.807, 2.05) is 20.8 Å². The van der Waals surface area contributed by atoms with Crippen LogP contribution in [0.3, 0.4) is 0 Å². The number of hydrogen-bond acceptors (Lipinski definition) is 4. The molecule has 1 aliphatic rings. The summed E-state index contributed by atoms with van der Waals surface area (Å²) in [6.07, 6.45) is 2.12. The number of carbonyl (C=O) groups excluding carboxylic acids is 1. The average Bonchev–Trinajstić information content (AvgIpc) is 3.09. The molecule has 20 heavy (non-hydrogen) atoms. The number of hydrogen-bond donors (Lipinski definition) is 3. The van der Waals surface area contributed by atoms with E-state index in [2.05, 4.69) is 20.6 Å². The van der Waals surface area contributed by atoms with Gasteiger partial charge in [0, 0.05) is 17.5 Å². The van der Waals surface area contributed by atoms with Crippen LogP contribution in [0.2, 0.25) is 0 Å². The molecule has 1 unspecified atom stereocenters. The normalized spacial score (nSPS) is 16.6. The van der Waals surface area contributed by atoms with E-state index in [-0.39, 0.29) is 17.0 Å². The molecular formula is C14H22N4O2. The highest BCUT2D eigenvalue weighted by Crippen LogP contribution is 2.37. The predicted molar refractivity (Wildman–Crippen MR) is 77.8 cm³/mol. The first-order chi connectivity index (χ1) is 9.24. The zero-order valence-corrected chi connectivity index (χ0v) is 12.4. The molecule has 1 aliphatic carbocycles. The number of anilines is 1. The molecule has 1 amide bonds. The van der Waals surface area contributed by atoms with Gasteiger partial charge in [-0.3, -0.25) is 9.59 Å². The van der Waals surface area contributed by atoms with Gasteiger partial charge in [0.1, 0.15) is 17.7 Å². The summed E-state index contributed by atoms with van der Waals surface area (Å²) < 4.78 is 0. The lowest BCUT2D eigenvalue weighted by Crippen LogP contribution is -2.47. The number of aromatic nitrogens is 2. The number of carbonyl (C=O) groups is 1. The molecule has 6 heteroatoms. The fraction of sp³-hybridized carbons (Fsp3) is 0.643. The minimum atomic E-state index is -0.449. The van der Waals surface area contributed by atoms with Crippen LogP contribution in [0.5, 0.6) is 0 Å². The molecule has 0 aliphatic heterocycles. The van der Waals surface area contributed by atoms with Crippen molar-refractivity contribution in [3.05, 3.63) is 22.2 Å². The zero-order valence-electron chi connectivity index (χ0n) is 12.4. The van der Waals surface area contributed by atoms with Crippen molar-refractivity contribution < 1.29 is 4.79 Å². The van der Waals surface area contributed by atoms with Crippen molar-refractivity contribution in [2.75, 3.05) is 5.32 Å². The van der Waals surface area contributed by atoms with E-state index in [0.29, 0.717) is 17.6 Å². The van der Waals surface area contributed by atoms with Gasteiger partial charge < -0.3 is 15.6 Å². The highest BCUT2D eigenvalue weighted by molar-refractivity contribution is 5.84. The van der Waals surface area contributed by atoms with Crippen molar-refractivity contribution in [3.63, 3.8) is 0 Å². The molecule has 1 fully saturated rings. The van der Waals surface area contributed by atoms with Gasteiger partial charge in [-0.25, -0.2) is 4.98 Å². The predicted octanol–water partition coefficient (Wildman–Crippen LogP) is 1.36. The van der Waals surface area contributed by atoms with E-state index in [9.17, 15) is 9.59 Å². The van der Waals surface area contributed by atoms with Crippen LogP contribution in [0.4, 0.5) is 5.82 Å². The van der Waals surface area contributed by atoms with Gasteiger partial charge in [-0.2, -0.15) is 0 Å². The maximum Gasteiger partial charge on any atom is 0.252 e. The minimum Gasteiger partial charge on any atom is -0.358 e. The Morgan fingerprint density at radius 2 is 2.10 bits per heavy atom. The Labute approximate surface area is 118 Å². The Hall–Kier alpha value is -1.85. The Bertz CT molecular complexity index is 555. The van der Waals surface area contributed by atoms with Gasteiger partial charge in [0.25, 0.3) is 5.56 Å². The molecule has 2 rings (SSSR count). The molecule has 3 N–H and O–H groups in total. The fourth-order valence-corrected chi connectivity index (χ4v) is 1.87. The van der Waals surface area contributed by atoms with Gasteiger partial charge in [0.05, 0.1) is 0 Å². The summed E-state index contributed by atoms with van der Waals surface area (Å²) in [5.74, 6) is 1.41. The molecule has 1 atom stereocenters. The molecule has 110 valence electrons. The number of nitrogens with zero attached hydrogens (tertiary/aromatic N) is 1. The lowest BCUT2D eigenvalue weighted by Gasteiger charge is -2.23. The van der Waals surface area contributed by atoms with E-state index < -0.39 is 6.04 Å². The van der Waals surface area contributed by atoms with Crippen LogP contribution < -0.4 is 16.2 Å². The van der Waals surface area contributed by atoms with Crippen LogP contribution >= 0.6 is 0 Å². The smallest absolute Gasteiger partial charge is 0.252 e. The first-order valence-corrected chi connectivity index (χ1v) is 6.94. The maximum absolute atomic E-state index is 12.0. The standard InChI is InChI=1S/C14H22N4O2/c1-8(13(20)18-14(2,3)4)15-10-7-11(19)17-12(16-10)9-5-6-9/h7-9H,5-6H2,1-4H3,(H,18,20)(H2,15,16,17,19). The van der Waals surface area contributed by atoms with E-state index in [4.69, 9.17) is 0 Å². The highest BCUT2D eigenvalue weighted by atomic mass is 16.2. The summed E-state index contributed by atoms with van der Waals surface area (Å²) in [6.45, 7) is 7.53. The Morgan fingerprint density at radius 3 is 2.65 bits per heavy atom. The lowest BCUT2D eigenvalue weighted by molar-refractivity contribution is -0.122. The average molecular weight is 278 g/mol. The van der Waals surface area contributed by atoms with Crippen LogP contribution in [-0.4, -0.2) is 27.5 Å². The van der Waals surface area contributed by atoms with Gasteiger partial charge in [-0.05, 0) is 40.5 Å². The molecule has 6 nitrogen and oxygen atoms in total. The van der Waals surface area contributed by atoms with Crippen LogP contribution in [0, 0.1) is 0 Å². The zero-order chi connectivity index (χ0) is 14.9. The molecule has 1 saturated carbocycles. The van der Waals surface area contributed by atoms with Gasteiger partial charge in [-0.1, -0.05) is 0 Å². The van der Waals surface area contributed by atoms with Gasteiger partial charge >= 0.3 is 0 Å². The molecule has 1 aromatic heterocycles. The summed E-state index contributed by atoms with van der Waals surface area (Å²) >= 11 is 0. The summed E-state index contributed by atoms with van der Waals surface area (Å²) in [6, 6.07) is 0.933. The Kier molecular flexibility index (Phi) is 3.83. The largest absolute Gasteiger partial charge is 0.358 e. The lowest BCUT2D eigenvalue weighted by atomic mass is 10.1. The number of rotatable bonds is 4. The molecule has 0 spiro atoms. The fourth-order valence-electron chi connectivity index (χ4n) is 1.87. The summed E-state index contributed by atoms with van der Waals surface area (Å²) in [5.41, 5.74) is -0.471. The number of aromatic amines is 1. The summed E-state index contributed by atoms with van der Waals surface area (Å²) in [4.78, 5) is 30.7. The number of amides is 1. The number of H-pyrrole nitrogens is 1. The Morgan fingerprint density at radius 1 is 1.45 bits per heavy atom. The monoisotopic (exact) mass is 278 g/mol. The van der Waals surface area contributed by atoms with Crippen LogP contribution in [0.15, 0.2) is 10.9 Å². The Balaban J connectivity index is 2.05. The van der Waals surface area contributed by atoms with Gasteiger partial charge in [0.15, 0.2) is 0 Å². The van der Waals surface area contributed by atoms with Crippen LogP contribution in [0.25, 0.3) is 0 Å². The topological polar surface area (TPSA) is 86.9 Å². The second-order valence-electron chi connectivity index (χ2n) is 6.40. The van der Waals surface area contributed by atoms with Crippen molar-refractivity contribution in [1.29, 1.82) is 0 Å². The van der Waals surface area contributed by atoms with Crippen molar-refractivity contribution in [2.24, 2.45) is 0 Å². The molecule has 0 bridgehead atoms. The first kappa shape index (κ1) is 14.6. The van der Waals surface area contributed by atoms with Crippen molar-refractivity contribution in [2.45, 2.75) is 58.0 Å². The van der Waals surface area contributed by atoms with Gasteiger partial charge in [-0.15, -0.1) is 0 Å². The maximum atomic E-state index is 12.0. The summed E-state index contributed by atoms with van der Waals surface area (Å²) in [5, 5.41) is 5.87. The van der Waals surface area contributed by atoms with E-state index in [1.165, 1.54) is 6.07 Å². The first-order valence-electron chi connectivity index (χ1n) is 6.94. The highest BCUT2D eigenvalue weighted by Gasteiger charge is 2.27. The molecule has 0 radical (unpaired) electrons. The second kappa shape index (κ2) is 5.26. The van der Waals surface area contributed by atoms with E-state index in [1.54, 1.807) is 6.92 Å². The quantitative estimate of drug-likeness (QED) is 0.776. The minimum absolute atomic E-state index is 0.118. The summed E-state index contributed by atoms with van der Waals surface area (Å²) in [7, 11) is 0. The van der Waals surface area contributed by atoms with E-state index >= 15 is 0 Å². The molecular weight excluding hydrogens is 256 g/mol. The van der Waals surface area contributed by atoms with Gasteiger partial charge in [0.2, 0.25) is 5.91 Å². The van der Waals surface area contributed by atoms with Crippen LogP contribution in [0.1, 0.15) is 52.3 Å². The number of nitrogens with one attached hydrogen (secondary N) is 3. The van der Waals surface area contributed by atoms with Crippen LogP contribution in [-0.2, 0) is 4.79 Å². The third-order valence-corrected chi connectivity index (χ3v) is 2.98. The third kappa shape index (κ3) is 4.08. The third-order valence-electron chi connectivity index (χ3n) is 2.98. The second-order valence-corrected chi connectivity index (χ2v) is 6.40. The molecule has 0 aromatic carbocycles.